The van der Waals surface area contributed by atoms with E-state index in [-0.39, 0.29) is 6.54 Å². The number of methoxy groups -OCH3 is 2. The smallest absolute Gasteiger partial charge is 0.471 e. The largest absolute Gasteiger partial charge is 0.493 e. The molecule has 1 unspecified atom stereocenters. The predicted octanol–water partition coefficient (Wildman–Crippen LogP) is 3.92. The van der Waals surface area contributed by atoms with Crippen molar-refractivity contribution < 1.29 is 27.4 Å². The van der Waals surface area contributed by atoms with Gasteiger partial charge in [-0.3, -0.25) is 4.79 Å². The third kappa shape index (κ3) is 2.64. The molecule has 2 aromatic rings. The summed E-state index contributed by atoms with van der Waals surface area (Å²) in [5, 5.41) is 0. The van der Waals surface area contributed by atoms with Gasteiger partial charge in [0.2, 0.25) is 0 Å². The molecular formula is C20H18F3NO3. The van der Waals surface area contributed by atoms with Gasteiger partial charge in [-0.25, -0.2) is 0 Å². The van der Waals surface area contributed by atoms with E-state index < -0.39 is 18.1 Å². The second kappa shape index (κ2) is 6.18. The Bertz CT molecular complexity index is 923. The van der Waals surface area contributed by atoms with E-state index >= 15 is 0 Å². The number of rotatable bonds is 2. The number of benzene rings is 2. The third-order valence-electron chi connectivity index (χ3n) is 5.33. The molecule has 0 saturated heterocycles. The van der Waals surface area contributed by atoms with E-state index in [1.807, 2.05) is 30.3 Å². The summed E-state index contributed by atoms with van der Waals surface area (Å²) in [6, 6.07) is 8.67. The fourth-order valence-corrected chi connectivity index (χ4v) is 4.24. The van der Waals surface area contributed by atoms with Crippen molar-refractivity contribution in [2.24, 2.45) is 0 Å². The maximum absolute atomic E-state index is 13.2. The molecule has 0 radical (unpaired) electrons. The Balaban J connectivity index is 1.98. The minimum absolute atomic E-state index is 0.0209. The minimum atomic E-state index is -4.90. The van der Waals surface area contributed by atoms with E-state index in [0.717, 1.165) is 32.7 Å². The molecule has 1 aliphatic carbocycles. The van der Waals surface area contributed by atoms with E-state index in [1.54, 1.807) is 0 Å². The lowest BCUT2D eigenvalue weighted by atomic mass is 9.76. The van der Waals surface area contributed by atoms with Crippen LogP contribution in [0.3, 0.4) is 0 Å². The number of alkyl halides is 3. The summed E-state index contributed by atoms with van der Waals surface area (Å²) in [6.45, 7) is 0.0209. The molecule has 0 fully saturated rings. The number of halogens is 3. The summed E-state index contributed by atoms with van der Waals surface area (Å²) in [7, 11) is 3.04. The zero-order chi connectivity index (χ0) is 19.3. The van der Waals surface area contributed by atoms with Crippen molar-refractivity contribution in [2.45, 2.75) is 25.1 Å². The zero-order valence-corrected chi connectivity index (χ0v) is 14.9. The zero-order valence-electron chi connectivity index (χ0n) is 14.9. The number of carbonyl (C=O) groups is 1. The summed E-state index contributed by atoms with van der Waals surface area (Å²) >= 11 is 0. The first-order chi connectivity index (χ1) is 12.9. The molecule has 0 N–H and O–H groups in total. The molecule has 1 amide bonds. The van der Waals surface area contributed by atoms with E-state index in [0.29, 0.717) is 24.3 Å². The SMILES string of the molecule is COc1cc2c3c(c1OC)-c1ccccc1CC3N(C(=O)C(F)(F)F)CC2. The Hall–Kier alpha value is -2.70. The Morgan fingerprint density at radius 3 is 2.56 bits per heavy atom. The highest BCUT2D eigenvalue weighted by Gasteiger charge is 2.48. The van der Waals surface area contributed by atoms with E-state index in [4.69, 9.17) is 9.47 Å². The van der Waals surface area contributed by atoms with Crippen LogP contribution in [-0.2, 0) is 17.6 Å². The van der Waals surface area contributed by atoms with Crippen molar-refractivity contribution in [3.8, 4) is 22.6 Å². The van der Waals surface area contributed by atoms with Gasteiger partial charge in [0.1, 0.15) is 0 Å². The predicted molar refractivity (Wildman–Crippen MR) is 92.9 cm³/mol. The van der Waals surface area contributed by atoms with Crippen LogP contribution in [0.2, 0.25) is 0 Å². The van der Waals surface area contributed by atoms with Crippen LogP contribution in [0, 0.1) is 0 Å². The van der Waals surface area contributed by atoms with Crippen molar-refractivity contribution >= 4 is 5.91 Å². The first-order valence-electron chi connectivity index (χ1n) is 8.60. The molecule has 4 rings (SSSR count). The molecule has 7 heteroatoms. The van der Waals surface area contributed by atoms with Gasteiger partial charge in [-0.15, -0.1) is 0 Å². The van der Waals surface area contributed by atoms with Crippen molar-refractivity contribution in [1.29, 1.82) is 0 Å². The molecule has 1 aliphatic heterocycles. The van der Waals surface area contributed by atoms with Gasteiger partial charge in [-0.1, -0.05) is 24.3 Å². The average Bonchev–Trinajstić information content (AvgIpc) is 2.66. The third-order valence-corrected chi connectivity index (χ3v) is 5.33. The Kier molecular flexibility index (Phi) is 4.05. The maximum atomic E-state index is 13.2. The van der Waals surface area contributed by atoms with E-state index in [1.165, 1.54) is 14.2 Å². The van der Waals surface area contributed by atoms with Gasteiger partial charge in [0.25, 0.3) is 0 Å². The molecular weight excluding hydrogens is 359 g/mol. The highest BCUT2D eigenvalue weighted by atomic mass is 19.4. The van der Waals surface area contributed by atoms with Crippen molar-refractivity contribution in [1.82, 2.24) is 4.90 Å². The van der Waals surface area contributed by atoms with Gasteiger partial charge < -0.3 is 14.4 Å². The Morgan fingerprint density at radius 2 is 1.89 bits per heavy atom. The monoisotopic (exact) mass is 377 g/mol. The highest BCUT2D eigenvalue weighted by Crippen LogP contribution is 2.52. The first kappa shape index (κ1) is 17.7. The molecule has 1 heterocycles. The summed E-state index contributed by atoms with van der Waals surface area (Å²) in [4.78, 5) is 13.0. The molecule has 2 aliphatic rings. The minimum Gasteiger partial charge on any atom is -0.493 e. The summed E-state index contributed by atoms with van der Waals surface area (Å²) in [5.74, 6) is -0.773. The number of hydrogen-bond acceptors (Lipinski definition) is 3. The maximum Gasteiger partial charge on any atom is 0.471 e. The summed E-state index contributed by atoms with van der Waals surface area (Å²) in [5.41, 5.74) is 4.14. The first-order valence-corrected chi connectivity index (χ1v) is 8.60. The highest BCUT2D eigenvalue weighted by molar-refractivity contribution is 5.87. The van der Waals surface area contributed by atoms with Gasteiger partial charge in [-0.2, -0.15) is 13.2 Å². The lowest BCUT2D eigenvalue weighted by molar-refractivity contribution is -0.188. The molecule has 27 heavy (non-hydrogen) atoms. The van der Waals surface area contributed by atoms with Crippen LogP contribution in [0.4, 0.5) is 13.2 Å². The standard InChI is InChI=1S/C20H18F3NO3/c1-26-15-10-12-7-8-24(19(25)20(21,22)23)14-9-11-5-3-4-6-13(11)17(16(12)14)18(15)27-2/h3-6,10,14H,7-9H2,1-2H3. The lowest BCUT2D eigenvalue weighted by Gasteiger charge is -2.42. The fraction of sp³-hybridized carbons (Fsp3) is 0.350. The van der Waals surface area contributed by atoms with Crippen LogP contribution in [0.25, 0.3) is 11.1 Å². The number of hydrogen-bond donors (Lipinski definition) is 0. The topological polar surface area (TPSA) is 38.8 Å². The molecule has 142 valence electrons. The lowest BCUT2D eigenvalue weighted by Crippen LogP contribution is -2.48. The quantitative estimate of drug-likeness (QED) is 0.797. The van der Waals surface area contributed by atoms with Gasteiger partial charge in [0, 0.05) is 12.1 Å². The molecule has 0 aromatic heterocycles. The van der Waals surface area contributed by atoms with Crippen molar-refractivity contribution in [3.63, 3.8) is 0 Å². The van der Waals surface area contributed by atoms with Crippen molar-refractivity contribution in [3.05, 3.63) is 47.0 Å². The van der Waals surface area contributed by atoms with Gasteiger partial charge in [-0.05, 0) is 41.2 Å². The van der Waals surface area contributed by atoms with Crippen LogP contribution in [-0.4, -0.2) is 37.7 Å². The molecule has 0 bridgehead atoms. The summed E-state index contributed by atoms with van der Waals surface area (Å²) in [6.07, 6.45) is -4.22. The second-order valence-electron chi connectivity index (χ2n) is 6.68. The second-order valence-corrected chi connectivity index (χ2v) is 6.68. The van der Waals surface area contributed by atoms with Crippen LogP contribution in [0.15, 0.2) is 30.3 Å². The number of carbonyl (C=O) groups excluding carboxylic acids is 1. The Morgan fingerprint density at radius 1 is 1.15 bits per heavy atom. The van der Waals surface area contributed by atoms with Gasteiger partial charge in [0.05, 0.1) is 20.3 Å². The Labute approximate surface area is 154 Å². The average molecular weight is 377 g/mol. The number of amides is 1. The van der Waals surface area contributed by atoms with Crippen LogP contribution >= 0.6 is 0 Å². The molecule has 4 nitrogen and oxygen atoms in total. The van der Waals surface area contributed by atoms with E-state index in [9.17, 15) is 18.0 Å². The van der Waals surface area contributed by atoms with Crippen LogP contribution < -0.4 is 9.47 Å². The van der Waals surface area contributed by atoms with Crippen LogP contribution in [0.1, 0.15) is 22.7 Å². The van der Waals surface area contributed by atoms with Crippen LogP contribution in [0.5, 0.6) is 11.5 Å². The molecule has 2 aromatic carbocycles. The normalized spacial score (nSPS) is 17.8. The molecule has 0 saturated carbocycles. The van der Waals surface area contributed by atoms with Gasteiger partial charge >= 0.3 is 12.1 Å². The number of nitrogens with zero attached hydrogens (tertiary/aromatic N) is 1. The van der Waals surface area contributed by atoms with E-state index in [2.05, 4.69) is 0 Å². The van der Waals surface area contributed by atoms with Crippen molar-refractivity contribution in [2.75, 3.05) is 20.8 Å². The molecule has 1 atom stereocenters. The number of fused-ring (bicyclic) bond motifs is 2. The fourth-order valence-electron chi connectivity index (χ4n) is 4.24. The number of ether oxygens (including phenoxy) is 2. The van der Waals surface area contributed by atoms with Gasteiger partial charge in [0.15, 0.2) is 11.5 Å². The molecule has 0 spiro atoms. The summed E-state index contributed by atoms with van der Waals surface area (Å²) < 4.78 is 50.5.